The average molecular weight is 490 g/mol. The first-order valence-electron chi connectivity index (χ1n) is 11.0. The molecule has 184 valence electrons. The molecule has 0 aliphatic rings. The summed E-state index contributed by atoms with van der Waals surface area (Å²) < 4.78 is 27.3. The normalized spacial score (nSPS) is 13.7. The second kappa shape index (κ2) is 10.4. The molecule has 0 fully saturated rings. The number of sulfonamides is 1. The summed E-state index contributed by atoms with van der Waals surface area (Å²) in [6.45, 7) is 5.92. The Hall–Kier alpha value is -3.12. The van der Waals surface area contributed by atoms with Gasteiger partial charge in [-0.25, -0.2) is 13.4 Å². The number of fused-ring (bicyclic) bond motifs is 1. The molecule has 34 heavy (non-hydrogen) atoms. The molecule has 11 nitrogen and oxygen atoms in total. The lowest BCUT2D eigenvalue weighted by atomic mass is 9.96. The lowest BCUT2D eigenvalue weighted by Gasteiger charge is -2.19. The van der Waals surface area contributed by atoms with Crippen molar-refractivity contribution < 1.29 is 13.5 Å². The number of nitrogens with zero attached hydrogens (tertiary/aromatic N) is 5. The van der Waals surface area contributed by atoms with E-state index in [0.29, 0.717) is 35.5 Å². The van der Waals surface area contributed by atoms with Crippen molar-refractivity contribution >= 4 is 32.8 Å². The number of aliphatic hydroxyl groups is 1. The van der Waals surface area contributed by atoms with Crippen LogP contribution in [0.1, 0.15) is 44.5 Å². The first kappa shape index (κ1) is 25.5. The molecule has 1 aromatic carbocycles. The molecule has 0 aliphatic carbocycles. The monoisotopic (exact) mass is 489 g/mol. The van der Waals surface area contributed by atoms with Crippen LogP contribution < -0.4 is 15.6 Å². The van der Waals surface area contributed by atoms with Crippen LogP contribution >= 0.6 is 0 Å². The molecule has 0 saturated heterocycles. The highest BCUT2D eigenvalue weighted by Crippen LogP contribution is 2.23. The minimum Gasteiger partial charge on any atom is -0.394 e. The molecule has 0 spiro atoms. The number of nitrogens with one attached hydrogen (secondary N) is 2. The predicted molar refractivity (Wildman–Crippen MR) is 131 cm³/mol. The highest BCUT2D eigenvalue weighted by molar-refractivity contribution is 7.91. The standard InChI is InChI=1S/C22H31N7O4S/c1-13(2)8-16(11-30)24-21-25-19(26-22(27-21)28-34(5,32)33)9-14(3)15-6-7-18-17(10-15)20(31)29(4)12-23-18/h6-7,10,12-14,16,30H,8-9,11H2,1-5H3,(H2,24,25,26,27,28)/t14?,16-/m1/s1. The summed E-state index contributed by atoms with van der Waals surface area (Å²) in [5.41, 5.74) is 1.38. The molecule has 12 heteroatoms. The van der Waals surface area contributed by atoms with Gasteiger partial charge in [-0.3, -0.25) is 9.52 Å². The van der Waals surface area contributed by atoms with Crippen LogP contribution in [0.5, 0.6) is 0 Å². The number of aromatic nitrogens is 5. The van der Waals surface area contributed by atoms with Gasteiger partial charge in [0.2, 0.25) is 21.9 Å². The van der Waals surface area contributed by atoms with Crippen molar-refractivity contribution in [3.8, 4) is 0 Å². The maximum absolute atomic E-state index is 12.5. The van der Waals surface area contributed by atoms with Gasteiger partial charge in [-0.1, -0.05) is 26.8 Å². The van der Waals surface area contributed by atoms with Gasteiger partial charge in [0.15, 0.2) is 0 Å². The zero-order valence-corrected chi connectivity index (χ0v) is 20.8. The van der Waals surface area contributed by atoms with E-state index in [1.54, 1.807) is 13.1 Å². The van der Waals surface area contributed by atoms with Gasteiger partial charge >= 0.3 is 0 Å². The van der Waals surface area contributed by atoms with Crippen molar-refractivity contribution in [1.29, 1.82) is 0 Å². The van der Waals surface area contributed by atoms with Crippen LogP contribution in [0.25, 0.3) is 10.9 Å². The molecule has 2 atom stereocenters. The van der Waals surface area contributed by atoms with Crippen LogP contribution in [-0.4, -0.2) is 56.9 Å². The Bertz CT molecular complexity index is 1320. The van der Waals surface area contributed by atoms with E-state index in [4.69, 9.17) is 0 Å². The van der Waals surface area contributed by atoms with Gasteiger partial charge in [0.1, 0.15) is 5.82 Å². The predicted octanol–water partition coefficient (Wildman–Crippen LogP) is 1.66. The molecule has 0 aliphatic heterocycles. The third kappa shape index (κ3) is 6.70. The van der Waals surface area contributed by atoms with Gasteiger partial charge in [0.25, 0.3) is 5.56 Å². The van der Waals surface area contributed by atoms with Crippen LogP contribution in [-0.2, 0) is 23.5 Å². The van der Waals surface area contributed by atoms with Crippen molar-refractivity contribution in [3.05, 3.63) is 46.3 Å². The van der Waals surface area contributed by atoms with Crippen molar-refractivity contribution in [3.63, 3.8) is 0 Å². The van der Waals surface area contributed by atoms with Gasteiger partial charge in [-0.2, -0.15) is 15.0 Å². The molecule has 2 heterocycles. The number of benzene rings is 1. The van der Waals surface area contributed by atoms with E-state index in [-0.39, 0.29) is 36.0 Å². The zero-order valence-electron chi connectivity index (χ0n) is 20.0. The molecule has 0 radical (unpaired) electrons. The van der Waals surface area contributed by atoms with Crippen molar-refractivity contribution in [2.75, 3.05) is 22.9 Å². The van der Waals surface area contributed by atoms with Crippen LogP contribution in [0.3, 0.4) is 0 Å². The zero-order chi connectivity index (χ0) is 25.0. The Morgan fingerprint density at radius 1 is 1.12 bits per heavy atom. The molecular formula is C22H31N7O4S. The summed E-state index contributed by atoms with van der Waals surface area (Å²) in [6.07, 6.45) is 3.56. The SMILES string of the molecule is CC(C)C[C@H](CO)Nc1nc(CC(C)c2ccc3ncn(C)c(=O)c3c2)nc(NS(C)(=O)=O)n1. The quantitative estimate of drug-likeness (QED) is 0.386. The van der Waals surface area contributed by atoms with Crippen molar-refractivity contribution in [2.45, 2.75) is 45.6 Å². The Kier molecular flexibility index (Phi) is 7.82. The molecular weight excluding hydrogens is 458 g/mol. The van der Waals surface area contributed by atoms with Crippen LogP contribution in [0.15, 0.2) is 29.3 Å². The molecule has 0 bridgehead atoms. The molecule has 2 aromatic heterocycles. The van der Waals surface area contributed by atoms with E-state index in [9.17, 15) is 18.3 Å². The average Bonchev–Trinajstić information content (AvgIpc) is 2.74. The number of hydrogen-bond acceptors (Lipinski definition) is 9. The van der Waals surface area contributed by atoms with Gasteiger partial charge in [-0.05, 0) is 36.0 Å². The lowest BCUT2D eigenvalue weighted by molar-refractivity contribution is 0.259. The minimum atomic E-state index is -3.60. The van der Waals surface area contributed by atoms with E-state index < -0.39 is 10.0 Å². The third-order valence-corrected chi connectivity index (χ3v) is 5.82. The fraction of sp³-hybridized carbons (Fsp3) is 0.500. The number of aryl methyl sites for hydroxylation is 1. The molecule has 3 N–H and O–H groups in total. The molecule has 0 amide bonds. The highest BCUT2D eigenvalue weighted by Gasteiger charge is 2.17. The number of aliphatic hydroxyl groups excluding tert-OH is 1. The topological polar surface area (TPSA) is 152 Å². The third-order valence-electron chi connectivity index (χ3n) is 5.27. The lowest BCUT2D eigenvalue weighted by Crippen LogP contribution is -2.27. The van der Waals surface area contributed by atoms with Gasteiger partial charge < -0.3 is 15.0 Å². The second-order valence-electron chi connectivity index (χ2n) is 8.97. The molecule has 0 saturated carbocycles. The van der Waals surface area contributed by atoms with Crippen LogP contribution in [0.2, 0.25) is 0 Å². The number of anilines is 2. The first-order chi connectivity index (χ1) is 15.9. The number of rotatable bonds is 10. The minimum absolute atomic E-state index is 0.0834. The Balaban J connectivity index is 1.92. The van der Waals surface area contributed by atoms with Gasteiger partial charge in [-0.15, -0.1) is 0 Å². The van der Waals surface area contributed by atoms with E-state index in [2.05, 4.69) is 30.0 Å². The summed E-state index contributed by atoms with van der Waals surface area (Å²) in [5.74, 6) is 0.700. The summed E-state index contributed by atoms with van der Waals surface area (Å²) in [7, 11) is -1.95. The van der Waals surface area contributed by atoms with Crippen molar-refractivity contribution in [2.24, 2.45) is 13.0 Å². The smallest absolute Gasteiger partial charge is 0.260 e. The summed E-state index contributed by atoms with van der Waals surface area (Å²) in [6, 6.07) is 5.23. The van der Waals surface area contributed by atoms with Crippen LogP contribution in [0, 0.1) is 5.92 Å². The fourth-order valence-electron chi connectivity index (χ4n) is 3.64. The maximum atomic E-state index is 12.5. The second-order valence-corrected chi connectivity index (χ2v) is 10.7. The highest BCUT2D eigenvalue weighted by atomic mass is 32.2. The Morgan fingerprint density at radius 3 is 2.47 bits per heavy atom. The summed E-state index contributed by atoms with van der Waals surface area (Å²) in [4.78, 5) is 29.7. The van der Waals surface area contributed by atoms with Crippen LogP contribution in [0.4, 0.5) is 11.9 Å². The largest absolute Gasteiger partial charge is 0.394 e. The van der Waals surface area contributed by atoms with E-state index >= 15 is 0 Å². The number of hydrogen-bond donors (Lipinski definition) is 3. The van der Waals surface area contributed by atoms with E-state index in [0.717, 1.165) is 11.8 Å². The summed E-state index contributed by atoms with van der Waals surface area (Å²) >= 11 is 0. The van der Waals surface area contributed by atoms with Gasteiger partial charge in [0, 0.05) is 13.5 Å². The fourth-order valence-corrected chi connectivity index (χ4v) is 4.07. The molecule has 3 aromatic rings. The Morgan fingerprint density at radius 2 is 1.82 bits per heavy atom. The molecule has 1 unspecified atom stereocenters. The van der Waals surface area contributed by atoms with Crippen molar-refractivity contribution in [1.82, 2.24) is 24.5 Å². The van der Waals surface area contributed by atoms with E-state index in [1.165, 1.54) is 10.9 Å². The maximum Gasteiger partial charge on any atom is 0.260 e. The molecule has 3 rings (SSSR count). The van der Waals surface area contributed by atoms with Gasteiger partial charge in [0.05, 0.1) is 36.1 Å². The first-order valence-corrected chi connectivity index (χ1v) is 12.9. The van der Waals surface area contributed by atoms with E-state index in [1.807, 2.05) is 32.9 Å². The summed E-state index contributed by atoms with van der Waals surface area (Å²) in [5, 5.41) is 13.3. The Labute approximate surface area is 198 Å².